The van der Waals surface area contributed by atoms with Crippen molar-refractivity contribution in [2.75, 3.05) is 11.5 Å². The Bertz CT molecular complexity index is 608. The third-order valence-corrected chi connectivity index (χ3v) is 5.04. The molecule has 0 bridgehead atoms. The summed E-state index contributed by atoms with van der Waals surface area (Å²) in [5, 5.41) is 2.82. The molecule has 6 nitrogen and oxygen atoms in total. The van der Waals surface area contributed by atoms with Crippen LogP contribution in [-0.2, 0) is 11.3 Å². The van der Waals surface area contributed by atoms with E-state index in [0.29, 0.717) is 17.7 Å². The molecular weight excluding hydrogens is 290 g/mol. The Morgan fingerprint density at radius 1 is 1.33 bits per heavy atom. The number of benzene rings is 1. The molecule has 2 heterocycles. The predicted octanol–water partition coefficient (Wildman–Crippen LogP) is 0.713. The highest BCUT2D eigenvalue weighted by Gasteiger charge is 2.52. The molecule has 1 aromatic rings. The van der Waals surface area contributed by atoms with Crippen LogP contribution in [0.3, 0.4) is 0 Å². The maximum Gasteiger partial charge on any atom is 0.325 e. The first-order valence-corrected chi connectivity index (χ1v) is 7.78. The summed E-state index contributed by atoms with van der Waals surface area (Å²) in [6.45, 7) is 0.204. The van der Waals surface area contributed by atoms with E-state index in [-0.39, 0.29) is 18.5 Å². The van der Waals surface area contributed by atoms with E-state index in [4.69, 9.17) is 5.73 Å². The summed E-state index contributed by atoms with van der Waals surface area (Å²) in [6.07, 6.45) is 0.680. The Morgan fingerprint density at radius 3 is 2.62 bits per heavy atom. The van der Waals surface area contributed by atoms with Crippen LogP contribution in [0.4, 0.5) is 4.79 Å². The lowest BCUT2D eigenvalue weighted by atomic mass is 9.99. The average Bonchev–Trinajstić information content (AvgIpc) is 3.01. The number of urea groups is 1. The van der Waals surface area contributed by atoms with Gasteiger partial charge >= 0.3 is 6.03 Å². The van der Waals surface area contributed by atoms with E-state index in [1.54, 1.807) is 36.0 Å². The molecule has 3 N–H and O–H groups in total. The van der Waals surface area contributed by atoms with Crippen LogP contribution in [0.2, 0.25) is 0 Å². The number of hydrogen-bond donors (Lipinski definition) is 2. The number of nitrogens with two attached hydrogens (primary N) is 1. The van der Waals surface area contributed by atoms with Crippen molar-refractivity contribution in [3.63, 3.8) is 0 Å². The zero-order valence-electron chi connectivity index (χ0n) is 11.3. The van der Waals surface area contributed by atoms with Gasteiger partial charge in [0.2, 0.25) is 5.91 Å². The first-order valence-electron chi connectivity index (χ1n) is 6.62. The van der Waals surface area contributed by atoms with Crippen molar-refractivity contribution in [3.8, 4) is 0 Å². The van der Waals surface area contributed by atoms with Crippen LogP contribution in [0.25, 0.3) is 0 Å². The molecule has 0 aliphatic carbocycles. The maximum atomic E-state index is 12.5. The minimum absolute atomic E-state index is 0.156. The molecule has 2 saturated heterocycles. The van der Waals surface area contributed by atoms with Gasteiger partial charge < -0.3 is 11.1 Å². The molecule has 21 heavy (non-hydrogen) atoms. The van der Waals surface area contributed by atoms with Crippen molar-refractivity contribution >= 4 is 29.6 Å². The molecule has 110 valence electrons. The molecule has 1 atom stereocenters. The molecule has 2 aliphatic heterocycles. The number of carbonyl (C=O) groups is 3. The highest BCUT2D eigenvalue weighted by molar-refractivity contribution is 7.99. The third kappa shape index (κ3) is 2.37. The molecule has 2 aliphatic rings. The lowest BCUT2D eigenvalue weighted by Crippen LogP contribution is -2.46. The molecule has 7 heteroatoms. The Labute approximate surface area is 126 Å². The fourth-order valence-electron chi connectivity index (χ4n) is 2.61. The molecule has 1 spiro atoms. The molecule has 0 aromatic heterocycles. The minimum Gasteiger partial charge on any atom is -0.366 e. The first-order chi connectivity index (χ1) is 10.0. The van der Waals surface area contributed by atoms with Gasteiger partial charge in [0.05, 0.1) is 6.54 Å². The van der Waals surface area contributed by atoms with Gasteiger partial charge in [-0.1, -0.05) is 12.1 Å². The number of imide groups is 1. The second-order valence-electron chi connectivity index (χ2n) is 5.27. The summed E-state index contributed by atoms with van der Waals surface area (Å²) in [4.78, 5) is 36.8. The SMILES string of the molecule is NC(=O)c1ccc(CN2C(=O)NC3(CCSC3)C2=O)cc1. The normalized spacial score (nSPS) is 24.7. The van der Waals surface area contributed by atoms with E-state index in [0.717, 1.165) is 11.3 Å². The molecule has 1 unspecified atom stereocenters. The largest absolute Gasteiger partial charge is 0.366 e. The second kappa shape index (κ2) is 5.07. The summed E-state index contributed by atoms with van der Waals surface area (Å²) in [5.74, 6) is 0.858. The van der Waals surface area contributed by atoms with Gasteiger partial charge in [0.25, 0.3) is 5.91 Å². The van der Waals surface area contributed by atoms with Crippen molar-refractivity contribution in [2.45, 2.75) is 18.5 Å². The second-order valence-corrected chi connectivity index (χ2v) is 6.37. The first kappa shape index (κ1) is 13.9. The summed E-state index contributed by atoms with van der Waals surface area (Å²) in [5.41, 5.74) is 5.65. The Balaban J connectivity index is 1.77. The molecule has 3 rings (SSSR count). The van der Waals surface area contributed by atoms with Crippen LogP contribution >= 0.6 is 11.8 Å². The summed E-state index contributed by atoms with van der Waals surface area (Å²) in [7, 11) is 0. The van der Waals surface area contributed by atoms with E-state index in [9.17, 15) is 14.4 Å². The standard InChI is InChI=1S/C14H15N3O3S/c15-11(18)10-3-1-9(2-4-10)7-17-12(19)14(16-13(17)20)5-6-21-8-14/h1-4H,5-8H2,(H2,15,18)(H,16,20). The van der Waals surface area contributed by atoms with Crippen LogP contribution in [0.5, 0.6) is 0 Å². The fourth-order valence-corrected chi connectivity index (χ4v) is 3.93. The number of nitrogens with one attached hydrogen (secondary N) is 1. The summed E-state index contributed by atoms with van der Waals surface area (Å²) < 4.78 is 0. The van der Waals surface area contributed by atoms with Gasteiger partial charge in [-0.3, -0.25) is 14.5 Å². The fraction of sp³-hybridized carbons (Fsp3) is 0.357. The lowest BCUT2D eigenvalue weighted by molar-refractivity contribution is -0.130. The zero-order chi connectivity index (χ0) is 15.0. The van der Waals surface area contributed by atoms with Crippen LogP contribution in [0.15, 0.2) is 24.3 Å². The number of amides is 4. The van der Waals surface area contributed by atoms with Crippen molar-refractivity contribution in [3.05, 3.63) is 35.4 Å². The topological polar surface area (TPSA) is 92.5 Å². The van der Waals surface area contributed by atoms with E-state index in [1.807, 2.05) is 0 Å². The lowest BCUT2D eigenvalue weighted by Gasteiger charge is -2.19. The van der Waals surface area contributed by atoms with Crippen LogP contribution in [0, 0.1) is 0 Å². The Hall–Kier alpha value is -2.02. The van der Waals surface area contributed by atoms with Gasteiger partial charge in [-0.25, -0.2) is 4.79 Å². The van der Waals surface area contributed by atoms with Crippen molar-refractivity contribution in [1.82, 2.24) is 10.2 Å². The van der Waals surface area contributed by atoms with Gasteiger partial charge in [-0.15, -0.1) is 0 Å². The molecule has 0 radical (unpaired) electrons. The molecule has 4 amide bonds. The van der Waals surface area contributed by atoms with Crippen molar-refractivity contribution < 1.29 is 14.4 Å². The number of rotatable bonds is 3. The molecule has 2 fully saturated rings. The van der Waals surface area contributed by atoms with E-state index >= 15 is 0 Å². The number of thioether (sulfide) groups is 1. The monoisotopic (exact) mass is 305 g/mol. The van der Waals surface area contributed by atoms with Crippen molar-refractivity contribution in [2.24, 2.45) is 5.73 Å². The number of carbonyl (C=O) groups excluding carboxylic acids is 3. The number of nitrogens with zero attached hydrogens (tertiary/aromatic N) is 1. The van der Waals surface area contributed by atoms with E-state index < -0.39 is 11.4 Å². The van der Waals surface area contributed by atoms with Crippen LogP contribution < -0.4 is 11.1 Å². The van der Waals surface area contributed by atoms with Crippen molar-refractivity contribution in [1.29, 1.82) is 0 Å². The molecule has 1 aromatic carbocycles. The zero-order valence-corrected chi connectivity index (χ0v) is 12.1. The van der Waals surface area contributed by atoms with Gasteiger partial charge in [-0.05, 0) is 29.9 Å². The van der Waals surface area contributed by atoms with E-state index in [1.165, 1.54) is 4.90 Å². The quantitative estimate of drug-likeness (QED) is 0.805. The third-order valence-electron chi connectivity index (χ3n) is 3.85. The van der Waals surface area contributed by atoms with Crippen LogP contribution in [0.1, 0.15) is 22.3 Å². The van der Waals surface area contributed by atoms with Crippen LogP contribution in [-0.4, -0.2) is 39.8 Å². The highest BCUT2D eigenvalue weighted by atomic mass is 32.2. The summed E-state index contributed by atoms with van der Waals surface area (Å²) in [6, 6.07) is 6.25. The highest BCUT2D eigenvalue weighted by Crippen LogP contribution is 2.33. The predicted molar refractivity (Wildman–Crippen MR) is 78.7 cm³/mol. The van der Waals surface area contributed by atoms with Gasteiger partial charge in [-0.2, -0.15) is 11.8 Å². The average molecular weight is 305 g/mol. The number of primary amides is 1. The summed E-state index contributed by atoms with van der Waals surface area (Å²) >= 11 is 1.68. The smallest absolute Gasteiger partial charge is 0.325 e. The van der Waals surface area contributed by atoms with Gasteiger partial charge in [0, 0.05) is 11.3 Å². The Morgan fingerprint density at radius 2 is 2.05 bits per heavy atom. The minimum atomic E-state index is -0.713. The Kier molecular flexibility index (Phi) is 3.36. The van der Waals surface area contributed by atoms with Gasteiger partial charge in [0.1, 0.15) is 5.54 Å². The van der Waals surface area contributed by atoms with E-state index in [2.05, 4.69) is 5.32 Å². The molecule has 0 saturated carbocycles. The maximum absolute atomic E-state index is 12.5. The van der Waals surface area contributed by atoms with Gasteiger partial charge in [0.15, 0.2) is 0 Å². The number of hydrogen-bond acceptors (Lipinski definition) is 4. The molecular formula is C14H15N3O3S.